The molecule has 0 unspecified atom stereocenters. The summed E-state index contributed by atoms with van der Waals surface area (Å²) in [4.78, 5) is 10.9. The first-order valence-corrected chi connectivity index (χ1v) is 7.19. The fourth-order valence-electron chi connectivity index (χ4n) is 2.07. The molecule has 0 saturated carbocycles. The van der Waals surface area contributed by atoms with Crippen LogP contribution in [0.2, 0.25) is 0 Å². The molecule has 0 radical (unpaired) electrons. The Bertz CT molecular complexity index is 533. The first-order valence-electron chi connectivity index (χ1n) is 5.37. The molecule has 0 aliphatic carbocycles. The summed E-state index contributed by atoms with van der Waals surface area (Å²) >= 11 is 0. The Morgan fingerprint density at radius 1 is 1.47 bits per heavy atom. The Morgan fingerprint density at radius 3 is 2.53 bits per heavy atom. The van der Waals surface area contributed by atoms with E-state index in [0.29, 0.717) is 18.5 Å². The van der Waals surface area contributed by atoms with Crippen molar-refractivity contribution in [3.63, 3.8) is 0 Å². The molecule has 1 N–H and O–H groups in total. The summed E-state index contributed by atoms with van der Waals surface area (Å²) in [5, 5.41) is 13.0. The van der Waals surface area contributed by atoms with Crippen LogP contribution in [0.3, 0.4) is 0 Å². The predicted octanol–water partition coefficient (Wildman–Crippen LogP) is 0.411. The zero-order valence-electron chi connectivity index (χ0n) is 9.46. The average Bonchev–Trinajstić information content (AvgIpc) is 2.60. The lowest BCUT2D eigenvalue weighted by Crippen LogP contribution is -2.22. The zero-order chi connectivity index (χ0) is 12.6. The van der Waals surface area contributed by atoms with Crippen molar-refractivity contribution >= 4 is 15.8 Å². The van der Waals surface area contributed by atoms with Crippen LogP contribution in [-0.4, -0.2) is 40.8 Å². The highest BCUT2D eigenvalue weighted by Gasteiger charge is 2.27. The van der Waals surface area contributed by atoms with E-state index in [0.717, 1.165) is 0 Å². The molecule has 2 heterocycles. The van der Waals surface area contributed by atoms with Gasteiger partial charge in [0.2, 0.25) is 0 Å². The van der Waals surface area contributed by atoms with Crippen molar-refractivity contribution < 1.29 is 18.3 Å². The second-order valence-corrected chi connectivity index (χ2v) is 6.61. The maximum absolute atomic E-state index is 11.3. The van der Waals surface area contributed by atoms with Gasteiger partial charge in [0.1, 0.15) is 15.5 Å². The summed E-state index contributed by atoms with van der Waals surface area (Å²) in [5.74, 6) is -0.639. The molecule has 1 fully saturated rings. The highest BCUT2D eigenvalue weighted by atomic mass is 32.2. The number of hydrogen-bond donors (Lipinski definition) is 1. The van der Waals surface area contributed by atoms with E-state index in [1.54, 1.807) is 7.05 Å². The molecule has 1 aliphatic rings. The second kappa shape index (κ2) is 4.14. The zero-order valence-corrected chi connectivity index (χ0v) is 10.3. The van der Waals surface area contributed by atoms with E-state index in [2.05, 4.69) is 5.10 Å². The van der Waals surface area contributed by atoms with Gasteiger partial charge in [0.15, 0.2) is 0 Å². The van der Waals surface area contributed by atoms with Gasteiger partial charge in [0.05, 0.1) is 17.2 Å². The number of carboxylic acids is 1. The largest absolute Gasteiger partial charge is 0.477 e. The topological polar surface area (TPSA) is 89.3 Å². The quantitative estimate of drug-likeness (QED) is 0.830. The monoisotopic (exact) mass is 258 g/mol. The Hall–Kier alpha value is -1.37. The molecule has 6 nitrogen and oxygen atoms in total. The number of nitrogens with zero attached hydrogens (tertiary/aromatic N) is 2. The van der Waals surface area contributed by atoms with E-state index in [1.807, 2.05) is 0 Å². The number of aromatic carboxylic acids is 1. The molecule has 0 spiro atoms. The van der Waals surface area contributed by atoms with Crippen LogP contribution in [0.25, 0.3) is 0 Å². The molecule has 0 aromatic carbocycles. The summed E-state index contributed by atoms with van der Waals surface area (Å²) in [6.07, 6.45) is 1.05. The number of sulfone groups is 1. The minimum absolute atomic E-state index is 0.0535. The van der Waals surface area contributed by atoms with Crippen LogP contribution in [0.15, 0.2) is 6.07 Å². The highest BCUT2D eigenvalue weighted by Crippen LogP contribution is 2.28. The van der Waals surface area contributed by atoms with E-state index >= 15 is 0 Å². The van der Waals surface area contributed by atoms with Crippen molar-refractivity contribution in [2.45, 2.75) is 18.8 Å². The standard InChI is InChI=1S/C10H14N2O4S/c1-12-9(10(13)14)6-8(11-12)7-2-4-17(15,16)5-3-7/h6-7H,2-5H2,1H3,(H,13,14). The van der Waals surface area contributed by atoms with Crippen molar-refractivity contribution in [3.05, 3.63) is 17.5 Å². The van der Waals surface area contributed by atoms with E-state index in [4.69, 9.17) is 5.11 Å². The van der Waals surface area contributed by atoms with Gasteiger partial charge in [-0.05, 0) is 18.9 Å². The highest BCUT2D eigenvalue weighted by molar-refractivity contribution is 7.91. The van der Waals surface area contributed by atoms with Crippen LogP contribution >= 0.6 is 0 Å². The molecule has 1 aromatic heterocycles. The van der Waals surface area contributed by atoms with Gasteiger partial charge in [-0.3, -0.25) is 4.68 Å². The van der Waals surface area contributed by atoms with Gasteiger partial charge in [0.25, 0.3) is 0 Å². The van der Waals surface area contributed by atoms with Crippen LogP contribution in [0, 0.1) is 0 Å². The van der Waals surface area contributed by atoms with Crippen molar-refractivity contribution in [2.24, 2.45) is 7.05 Å². The third-order valence-corrected chi connectivity index (χ3v) is 4.81. The Balaban J connectivity index is 2.19. The molecule has 2 rings (SSSR count). The van der Waals surface area contributed by atoms with E-state index in [9.17, 15) is 13.2 Å². The van der Waals surface area contributed by atoms with Crippen LogP contribution < -0.4 is 0 Å². The number of carbonyl (C=O) groups is 1. The molecule has 0 amide bonds. The fourth-order valence-corrected chi connectivity index (χ4v) is 3.57. The summed E-state index contributed by atoms with van der Waals surface area (Å²) in [5.41, 5.74) is 0.813. The molecular weight excluding hydrogens is 244 g/mol. The summed E-state index contributed by atoms with van der Waals surface area (Å²) in [6, 6.07) is 1.53. The first-order chi connectivity index (χ1) is 7.89. The molecule has 1 aromatic rings. The molecule has 94 valence electrons. The van der Waals surface area contributed by atoms with Crippen molar-refractivity contribution in [1.29, 1.82) is 0 Å². The van der Waals surface area contributed by atoms with Gasteiger partial charge in [-0.15, -0.1) is 0 Å². The number of aryl methyl sites for hydroxylation is 1. The lowest BCUT2D eigenvalue weighted by atomic mass is 9.99. The molecule has 0 atom stereocenters. The Labute approximate surface area is 99.2 Å². The third kappa shape index (κ3) is 2.49. The number of rotatable bonds is 2. The predicted molar refractivity (Wildman–Crippen MR) is 60.8 cm³/mol. The lowest BCUT2D eigenvalue weighted by Gasteiger charge is -2.19. The SMILES string of the molecule is Cn1nc(C2CCS(=O)(=O)CC2)cc1C(=O)O. The normalized spacial score (nSPS) is 20.3. The van der Waals surface area contributed by atoms with Crippen LogP contribution in [0.4, 0.5) is 0 Å². The van der Waals surface area contributed by atoms with Gasteiger partial charge in [-0.2, -0.15) is 5.10 Å². The molecule has 0 bridgehead atoms. The summed E-state index contributed by atoms with van der Waals surface area (Å²) in [7, 11) is -1.32. The van der Waals surface area contributed by atoms with Crippen molar-refractivity contribution in [2.75, 3.05) is 11.5 Å². The van der Waals surface area contributed by atoms with E-state index < -0.39 is 15.8 Å². The minimum Gasteiger partial charge on any atom is -0.477 e. The van der Waals surface area contributed by atoms with Gasteiger partial charge >= 0.3 is 5.97 Å². The maximum Gasteiger partial charge on any atom is 0.354 e. The third-order valence-electron chi connectivity index (χ3n) is 3.09. The first kappa shape index (κ1) is 12.1. The molecular formula is C10H14N2O4S. The van der Waals surface area contributed by atoms with Gasteiger partial charge in [0, 0.05) is 13.0 Å². The molecule has 1 saturated heterocycles. The molecule has 7 heteroatoms. The summed E-state index contributed by atoms with van der Waals surface area (Å²) < 4.78 is 23.9. The lowest BCUT2D eigenvalue weighted by molar-refractivity contribution is 0.0685. The molecule has 17 heavy (non-hydrogen) atoms. The smallest absolute Gasteiger partial charge is 0.354 e. The number of hydrogen-bond acceptors (Lipinski definition) is 4. The van der Waals surface area contributed by atoms with Gasteiger partial charge < -0.3 is 5.11 Å². The Kier molecular flexibility index (Phi) is 2.94. The van der Waals surface area contributed by atoms with E-state index in [1.165, 1.54) is 10.7 Å². The minimum atomic E-state index is -2.89. The van der Waals surface area contributed by atoms with E-state index in [-0.39, 0.29) is 23.1 Å². The second-order valence-electron chi connectivity index (χ2n) is 4.31. The van der Waals surface area contributed by atoms with Gasteiger partial charge in [-0.25, -0.2) is 13.2 Å². The molecule has 1 aliphatic heterocycles. The van der Waals surface area contributed by atoms with Crippen molar-refractivity contribution in [1.82, 2.24) is 9.78 Å². The average molecular weight is 258 g/mol. The maximum atomic E-state index is 11.3. The fraction of sp³-hybridized carbons (Fsp3) is 0.600. The number of carboxylic acid groups (broad SMARTS) is 1. The van der Waals surface area contributed by atoms with Crippen LogP contribution in [0.1, 0.15) is 34.9 Å². The van der Waals surface area contributed by atoms with Crippen molar-refractivity contribution in [3.8, 4) is 0 Å². The van der Waals surface area contributed by atoms with Crippen LogP contribution in [0.5, 0.6) is 0 Å². The van der Waals surface area contributed by atoms with Crippen LogP contribution in [-0.2, 0) is 16.9 Å². The Morgan fingerprint density at radius 2 is 2.06 bits per heavy atom. The summed E-state index contributed by atoms with van der Waals surface area (Å²) in [6.45, 7) is 0. The number of aromatic nitrogens is 2. The van der Waals surface area contributed by atoms with Gasteiger partial charge in [-0.1, -0.05) is 0 Å².